The molecule has 0 bridgehead atoms. The van der Waals surface area contributed by atoms with Gasteiger partial charge in [0.05, 0.1) is 12.5 Å². The van der Waals surface area contributed by atoms with Crippen LogP contribution in [0.25, 0.3) is 0 Å². The predicted octanol–water partition coefficient (Wildman–Crippen LogP) is 3.97. The van der Waals surface area contributed by atoms with Gasteiger partial charge in [-0.25, -0.2) is 0 Å². The number of hydrazone groups is 1. The van der Waals surface area contributed by atoms with E-state index in [1.807, 2.05) is 18.2 Å². The summed E-state index contributed by atoms with van der Waals surface area (Å²) < 4.78 is 7.81. The molecule has 0 radical (unpaired) electrons. The van der Waals surface area contributed by atoms with Crippen molar-refractivity contribution in [2.24, 2.45) is 5.10 Å². The van der Waals surface area contributed by atoms with Gasteiger partial charge in [0, 0.05) is 24.6 Å². The number of nitrogens with zero attached hydrogens (tertiary/aromatic N) is 3. The number of methoxy groups -OCH3 is 1. The summed E-state index contributed by atoms with van der Waals surface area (Å²) in [5, 5.41) is 7.03. The normalized spacial score (nSPS) is 18.4. The van der Waals surface area contributed by atoms with Crippen LogP contribution in [0.15, 0.2) is 53.6 Å². The van der Waals surface area contributed by atoms with Crippen molar-refractivity contribution in [3.05, 3.63) is 54.1 Å². The third-order valence-corrected chi connectivity index (χ3v) is 5.30. The van der Waals surface area contributed by atoms with Crippen molar-refractivity contribution in [3.8, 4) is 5.75 Å². The van der Waals surface area contributed by atoms with E-state index in [2.05, 4.69) is 60.8 Å². The van der Waals surface area contributed by atoms with Crippen molar-refractivity contribution < 1.29 is 9.31 Å². The molecule has 0 aliphatic carbocycles. The zero-order valence-corrected chi connectivity index (χ0v) is 15.3. The molecule has 25 heavy (non-hydrogen) atoms. The molecule has 2 aromatic rings. The molecule has 4 nitrogen and oxygen atoms in total. The molecule has 4 heteroatoms. The minimum absolute atomic E-state index is 0.0407. The first kappa shape index (κ1) is 15.9. The maximum atomic E-state index is 5.50. The van der Waals surface area contributed by atoms with Crippen LogP contribution in [0, 0.1) is 0 Å². The van der Waals surface area contributed by atoms with Gasteiger partial charge in [-0.15, -0.1) is 0 Å². The molecule has 0 N–H and O–H groups in total. The van der Waals surface area contributed by atoms with Gasteiger partial charge in [0.25, 0.3) is 0 Å². The van der Waals surface area contributed by atoms with E-state index in [9.17, 15) is 0 Å². The fourth-order valence-electron chi connectivity index (χ4n) is 4.16. The number of para-hydroxylation sites is 3. The SMILES string of the molecule is COc1ccccc1N1CCC(C2=[N+](C)c3ccccc3C2(C)C)=N1. The lowest BCUT2D eigenvalue weighted by atomic mass is 9.79. The lowest BCUT2D eigenvalue weighted by Crippen LogP contribution is -2.35. The molecule has 0 fully saturated rings. The highest BCUT2D eigenvalue weighted by Crippen LogP contribution is 2.40. The quantitative estimate of drug-likeness (QED) is 0.795. The zero-order valence-electron chi connectivity index (χ0n) is 15.3. The Morgan fingerprint density at radius 1 is 1.08 bits per heavy atom. The van der Waals surface area contributed by atoms with E-state index in [1.165, 1.54) is 17.0 Å². The highest BCUT2D eigenvalue weighted by molar-refractivity contribution is 6.45. The van der Waals surface area contributed by atoms with Crippen LogP contribution >= 0.6 is 0 Å². The average Bonchev–Trinajstić information content (AvgIpc) is 3.17. The van der Waals surface area contributed by atoms with Crippen molar-refractivity contribution in [2.45, 2.75) is 25.7 Å². The van der Waals surface area contributed by atoms with E-state index < -0.39 is 0 Å². The van der Waals surface area contributed by atoms with Crippen molar-refractivity contribution in [1.82, 2.24) is 0 Å². The van der Waals surface area contributed by atoms with Gasteiger partial charge in [-0.05, 0) is 26.0 Å². The van der Waals surface area contributed by atoms with Crippen LogP contribution in [0.3, 0.4) is 0 Å². The second-order valence-electron chi connectivity index (χ2n) is 7.14. The molecule has 0 aromatic heterocycles. The second kappa shape index (κ2) is 5.73. The van der Waals surface area contributed by atoms with Crippen molar-refractivity contribution in [1.29, 1.82) is 0 Å². The minimum atomic E-state index is -0.0407. The van der Waals surface area contributed by atoms with Crippen molar-refractivity contribution in [2.75, 3.05) is 25.7 Å². The van der Waals surface area contributed by atoms with Crippen LogP contribution in [0.4, 0.5) is 11.4 Å². The van der Waals surface area contributed by atoms with E-state index in [4.69, 9.17) is 9.84 Å². The van der Waals surface area contributed by atoms with E-state index in [0.717, 1.165) is 30.1 Å². The van der Waals surface area contributed by atoms with Crippen LogP contribution in [-0.4, -0.2) is 36.7 Å². The first-order valence-electron chi connectivity index (χ1n) is 8.73. The molecule has 2 aliphatic rings. The van der Waals surface area contributed by atoms with Gasteiger partial charge in [0.15, 0.2) is 0 Å². The van der Waals surface area contributed by atoms with Gasteiger partial charge in [-0.1, -0.05) is 30.3 Å². The smallest absolute Gasteiger partial charge is 0.215 e. The Kier molecular flexibility index (Phi) is 3.64. The van der Waals surface area contributed by atoms with Gasteiger partial charge in [0.2, 0.25) is 11.4 Å². The van der Waals surface area contributed by atoms with Crippen molar-refractivity contribution >= 4 is 22.8 Å². The Morgan fingerprint density at radius 3 is 2.56 bits per heavy atom. The molecule has 2 aromatic carbocycles. The number of hydrogen-bond donors (Lipinski definition) is 0. The maximum absolute atomic E-state index is 5.50. The molecule has 4 rings (SSSR count). The fraction of sp³-hybridized carbons (Fsp3) is 0.333. The fourth-order valence-corrected chi connectivity index (χ4v) is 4.16. The van der Waals surface area contributed by atoms with Gasteiger partial charge in [0.1, 0.15) is 24.2 Å². The Morgan fingerprint density at radius 2 is 1.80 bits per heavy atom. The zero-order chi connectivity index (χ0) is 17.6. The first-order chi connectivity index (χ1) is 12.0. The monoisotopic (exact) mass is 334 g/mol. The molecular formula is C21H24N3O+. The molecule has 2 heterocycles. The molecule has 0 saturated heterocycles. The van der Waals surface area contributed by atoms with E-state index in [0.29, 0.717) is 0 Å². The second-order valence-corrected chi connectivity index (χ2v) is 7.14. The van der Waals surface area contributed by atoms with Crippen LogP contribution < -0.4 is 9.75 Å². The average molecular weight is 334 g/mol. The number of benzene rings is 2. The molecule has 0 saturated carbocycles. The lowest BCUT2D eigenvalue weighted by molar-refractivity contribution is -0.400. The third-order valence-electron chi connectivity index (χ3n) is 5.30. The Bertz CT molecular complexity index is 896. The summed E-state index contributed by atoms with van der Waals surface area (Å²) in [5.74, 6) is 0.861. The topological polar surface area (TPSA) is 27.8 Å². The molecule has 0 spiro atoms. The number of hydrogen-bond acceptors (Lipinski definition) is 3. The summed E-state index contributed by atoms with van der Waals surface area (Å²) in [4.78, 5) is 0. The summed E-state index contributed by atoms with van der Waals surface area (Å²) in [6.45, 7) is 5.46. The lowest BCUT2D eigenvalue weighted by Gasteiger charge is -2.17. The van der Waals surface area contributed by atoms with Gasteiger partial charge in [-0.2, -0.15) is 9.68 Å². The molecule has 0 unspecified atom stereocenters. The Hall–Kier alpha value is -2.62. The van der Waals surface area contributed by atoms with E-state index in [1.54, 1.807) is 7.11 Å². The summed E-state index contributed by atoms with van der Waals surface area (Å²) in [6, 6.07) is 16.7. The van der Waals surface area contributed by atoms with Gasteiger partial charge in [-0.3, -0.25) is 5.01 Å². The highest BCUT2D eigenvalue weighted by Gasteiger charge is 2.47. The molecule has 128 valence electrons. The molecule has 0 atom stereocenters. The maximum Gasteiger partial charge on any atom is 0.215 e. The Labute approximate surface area is 149 Å². The van der Waals surface area contributed by atoms with E-state index in [-0.39, 0.29) is 5.41 Å². The summed E-state index contributed by atoms with van der Waals surface area (Å²) in [6.07, 6.45) is 0.940. The van der Waals surface area contributed by atoms with E-state index >= 15 is 0 Å². The number of fused-ring (bicyclic) bond motifs is 1. The molecule has 0 amide bonds. The van der Waals surface area contributed by atoms with Crippen LogP contribution in [0.1, 0.15) is 25.8 Å². The highest BCUT2D eigenvalue weighted by atomic mass is 16.5. The van der Waals surface area contributed by atoms with Crippen LogP contribution in [0.2, 0.25) is 0 Å². The third kappa shape index (κ3) is 2.36. The number of rotatable bonds is 3. The molecule has 2 aliphatic heterocycles. The summed E-state index contributed by atoms with van der Waals surface area (Å²) in [7, 11) is 3.86. The van der Waals surface area contributed by atoms with Crippen LogP contribution in [-0.2, 0) is 5.41 Å². The molecular weight excluding hydrogens is 310 g/mol. The van der Waals surface area contributed by atoms with Crippen molar-refractivity contribution in [3.63, 3.8) is 0 Å². The largest absolute Gasteiger partial charge is 0.495 e. The standard InChI is InChI=1S/C21H24N3O/c1-21(2)15-9-5-6-10-17(15)23(3)20(21)16-13-14-24(22-16)18-11-7-8-12-19(18)25-4/h5-12H,13-14H2,1-4H3/q+1. The Balaban J connectivity index is 1.76. The number of anilines is 1. The van der Waals surface area contributed by atoms with Gasteiger partial charge < -0.3 is 4.74 Å². The predicted molar refractivity (Wildman–Crippen MR) is 103 cm³/mol. The summed E-state index contributed by atoms with van der Waals surface area (Å²) >= 11 is 0. The van der Waals surface area contributed by atoms with Gasteiger partial charge >= 0.3 is 0 Å². The first-order valence-corrected chi connectivity index (χ1v) is 8.73. The van der Waals surface area contributed by atoms with Crippen LogP contribution in [0.5, 0.6) is 5.75 Å². The minimum Gasteiger partial charge on any atom is -0.495 e. The summed E-state index contributed by atoms with van der Waals surface area (Å²) in [5.41, 5.74) is 6.09. The number of ether oxygens (including phenoxy) is 1.